The van der Waals surface area contributed by atoms with Gasteiger partial charge in [-0.3, -0.25) is 4.79 Å². The number of nitrogens with two attached hydrogens (primary N) is 1. The number of cyclic esters (lactones) is 1. The largest absolute Gasteiger partial charge is 0.462 e. The van der Waals surface area contributed by atoms with Crippen LogP contribution in [-0.4, -0.2) is 69.1 Å². The number of amides is 1. The van der Waals surface area contributed by atoms with Gasteiger partial charge in [0.25, 0.3) is 0 Å². The predicted octanol–water partition coefficient (Wildman–Crippen LogP) is 4.30. The zero-order valence-electron chi connectivity index (χ0n) is 26.6. The molecule has 1 heterocycles. The topological polar surface area (TPSA) is 160 Å². The fourth-order valence-electron chi connectivity index (χ4n) is 5.80. The van der Waals surface area contributed by atoms with Crippen molar-refractivity contribution in [3.05, 3.63) is 48.6 Å². The Morgan fingerprint density at radius 2 is 1.64 bits per heavy atom. The van der Waals surface area contributed by atoms with Crippen LogP contribution in [0.25, 0.3) is 0 Å². The molecule has 9 nitrogen and oxygen atoms in total. The lowest BCUT2D eigenvalue weighted by molar-refractivity contribution is -0.179. The first kappa shape index (κ1) is 37.6. The minimum atomic E-state index is -0.894. The lowest BCUT2D eigenvalue weighted by atomic mass is 9.81. The van der Waals surface area contributed by atoms with Crippen molar-refractivity contribution >= 4 is 12.1 Å². The van der Waals surface area contributed by atoms with Crippen LogP contribution < -0.4 is 5.73 Å². The molecule has 0 spiro atoms. The van der Waals surface area contributed by atoms with Crippen molar-refractivity contribution in [3.63, 3.8) is 0 Å². The van der Waals surface area contributed by atoms with Crippen LogP contribution in [0.3, 0.4) is 0 Å². The van der Waals surface area contributed by atoms with E-state index in [-0.39, 0.29) is 41.9 Å². The number of aliphatic hydroxyl groups excluding tert-OH is 4. The number of rotatable bonds is 16. The van der Waals surface area contributed by atoms with E-state index in [0.717, 1.165) is 5.57 Å². The lowest BCUT2D eigenvalue weighted by Crippen LogP contribution is -2.47. The minimum absolute atomic E-state index is 0.152. The van der Waals surface area contributed by atoms with Crippen LogP contribution in [0.1, 0.15) is 68.2 Å². The molecule has 6 N–H and O–H groups in total. The maximum absolute atomic E-state index is 12.0. The van der Waals surface area contributed by atoms with Crippen molar-refractivity contribution in [1.29, 1.82) is 0 Å². The molecular formula is C33H55NO8. The number of hydrogen-bond acceptors (Lipinski definition) is 8. The highest BCUT2D eigenvalue weighted by molar-refractivity contribution is 5.73. The summed E-state index contributed by atoms with van der Waals surface area (Å²) in [5, 5.41) is 42.8. The molecule has 9 heteroatoms. The third-order valence-corrected chi connectivity index (χ3v) is 8.62. The van der Waals surface area contributed by atoms with Crippen LogP contribution in [-0.2, 0) is 14.3 Å². The van der Waals surface area contributed by atoms with E-state index in [9.17, 15) is 30.0 Å². The first-order chi connectivity index (χ1) is 19.5. The van der Waals surface area contributed by atoms with Crippen molar-refractivity contribution in [1.82, 2.24) is 0 Å². The van der Waals surface area contributed by atoms with Gasteiger partial charge in [0.2, 0.25) is 0 Å². The maximum Gasteiger partial charge on any atom is 0.404 e. The molecule has 1 rings (SSSR count). The molecule has 0 bridgehead atoms. The van der Waals surface area contributed by atoms with Gasteiger partial charge in [0, 0.05) is 36.0 Å². The normalized spacial score (nSPS) is 28.3. The average molecular weight is 594 g/mol. The highest BCUT2D eigenvalue weighted by Crippen LogP contribution is 2.30. The molecular weight excluding hydrogens is 538 g/mol. The van der Waals surface area contributed by atoms with Crippen LogP contribution in [0.5, 0.6) is 0 Å². The van der Waals surface area contributed by atoms with Crippen LogP contribution in [0.4, 0.5) is 4.79 Å². The molecule has 0 aliphatic carbocycles. The van der Waals surface area contributed by atoms with Gasteiger partial charge in [0.05, 0.1) is 30.3 Å². The van der Waals surface area contributed by atoms with Gasteiger partial charge in [0.1, 0.15) is 12.2 Å². The molecule has 0 radical (unpaired) electrons. The second kappa shape index (κ2) is 17.6. The highest BCUT2D eigenvalue weighted by Gasteiger charge is 2.41. The Bertz CT molecular complexity index is 962. The molecule has 5 unspecified atom stereocenters. The Kier molecular flexibility index (Phi) is 15.7. The summed E-state index contributed by atoms with van der Waals surface area (Å²) in [6.07, 6.45) is 6.04. The van der Waals surface area contributed by atoms with E-state index in [1.807, 2.05) is 53.7 Å². The van der Waals surface area contributed by atoms with Crippen molar-refractivity contribution in [2.45, 2.75) is 105 Å². The molecule has 0 saturated carbocycles. The molecule has 42 heavy (non-hydrogen) atoms. The Labute approximate surface area is 252 Å². The van der Waals surface area contributed by atoms with Gasteiger partial charge in [-0.25, -0.2) is 4.79 Å². The van der Waals surface area contributed by atoms with E-state index in [4.69, 9.17) is 15.2 Å². The number of esters is 1. The van der Waals surface area contributed by atoms with E-state index in [1.165, 1.54) is 0 Å². The number of ether oxygens (including phenoxy) is 2. The van der Waals surface area contributed by atoms with E-state index in [2.05, 4.69) is 6.58 Å². The van der Waals surface area contributed by atoms with Gasteiger partial charge in [-0.15, -0.1) is 0 Å². The molecule has 0 aromatic heterocycles. The summed E-state index contributed by atoms with van der Waals surface area (Å²) >= 11 is 0. The first-order valence-corrected chi connectivity index (χ1v) is 15.0. The van der Waals surface area contributed by atoms with Crippen LogP contribution in [0.2, 0.25) is 0 Å². The molecule has 0 aromatic carbocycles. The number of carbonyl (C=O) groups excluding carboxylic acids is 2. The van der Waals surface area contributed by atoms with Gasteiger partial charge in [0.15, 0.2) is 0 Å². The van der Waals surface area contributed by atoms with Gasteiger partial charge >= 0.3 is 12.1 Å². The average Bonchev–Trinajstić information content (AvgIpc) is 2.93. The number of hydrogen-bond donors (Lipinski definition) is 5. The van der Waals surface area contributed by atoms with Gasteiger partial charge < -0.3 is 35.6 Å². The number of aliphatic hydroxyl groups is 4. The monoisotopic (exact) mass is 593 g/mol. The molecule has 1 amide bonds. The minimum Gasteiger partial charge on any atom is -0.462 e. The number of carbonyl (C=O) groups is 2. The van der Waals surface area contributed by atoms with E-state index in [1.54, 1.807) is 38.2 Å². The van der Waals surface area contributed by atoms with Crippen LogP contribution in [0.15, 0.2) is 48.6 Å². The fraction of sp³-hybridized carbons (Fsp3) is 0.697. The first-order valence-electron chi connectivity index (χ1n) is 15.0. The van der Waals surface area contributed by atoms with Gasteiger partial charge in [-0.2, -0.15) is 0 Å². The predicted molar refractivity (Wildman–Crippen MR) is 164 cm³/mol. The Hall–Kier alpha value is -2.46. The van der Waals surface area contributed by atoms with Crippen LogP contribution in [0, 0.1) is 41.4 Å². The Balaban J connectivity index is 2.76. The zero-order valence-corrected chi connectivity index (χ0v) is 26.6. The van der Waals surface area contributed by atoms with E-state index < -0.39 is 54.6 Å². The van der Waals surface area contributed by atoms with Crippen LogP contribution >= 0.6 is 0 Å². The molecule has 1 fully saturated rings. The maximum atomic E-state index is 12.0. The molecule has 13 atom stereocenters. The summed E-state index contributed by atoms with van der Waals surface area (Å²) in [6.45, 7) is 18.5. The number of primary amides is 1. The van der Waals surface area contributed by atoms with Crippen molar-refractivity contribution in [2.75, 3.05) is 0 Å². The Morgan fingerprint density at radius 3 is 2.21 bits per heavy atom. The number of allylic oxidation sites excluding steroid dienone is 3. The second-order valence-corrected chi connectivity index (χ2v) is 12.4. The third kappa shape index (κ3) is 11.3. The van der Waals surface area contributed by atoms with Crippen molar-refractivity contribution < 1.29 is 39.5 Å². The summed E-state index contributed by atoms with van der Waals surface area (Å²) < 4.78 is 10.8. The third-order valence-electron chi connectivity index (χ3n) is 8.62. The lowest BCUT2D eigenvalue weighted by Gasteiger charge is -2.36. The Morgan fingerprint density at radius 1 is 1.02 bits per heavy atom. The highest BCUT2D eigenvalue weighted by atomic mass is 16.6. The smallest absolute Gasteiger partial charge is 0.404 e. The SMILES string of the molecule is C=CC=CC(C)[C@H](OC(N)=O)[C@@H](C)[C@H](O)[C@@H](C)CC(C)=CC(C)C(O)[C@@H](C)C=C[C@@H](O)C[C@@H]1OC(=O)[C@H](C)C(O)C1C. The van der Waals surface area contributed by atoms with Gasteiger partial charge in [-0.05, 0) is 26.2 Å². The zero-order chi connectivity index (χ0) is 32.3. The summed E-state index contributed by atoms with van der Waals surface area (Å²) in [5.41, 5.74) is 6.30. The quantitative estimate of drug-likeness (QED) is 0.101. The summed E-state index contributed by atoms with van der Waals surface area (Å²) in [5.74, 6) is -2.52. The summed E-state index contributed by atoms with van der Waals surface area (Å²) in [4.78, 5) is 23.5. The molecule has 1 saturated heterocycles. The summed E-state index contributed by atoms with van der Waals surface area (Å²) in [6, 6.07) is 0. The van der Waals surface area contributed by atoms with Gasteiger partial charge in [-0.1, -0.05) is 90.2 Å². The molecule has 1 aliphatic rings. The molecule has 1 aliphatic heterocycles. The second-order valence-electron chi connectivity index (χ2n) is 12.4. The van der Waals surface area contributed by atoms with Crippen molar-refractivity contribution in [2.24, 2.45) is 47.2 Å². The fourth-order valence-corrected chi connectivity index (χ4v) is 5.80. The van der Waals surface area contributed by atoms with Crippen molar-refractivity contribution in [3.8, 4) is 0 Å². The standard InChI is InChI=1S/C33H55NO8/c1-10-11-12-20(4)31(42-33(34)40)24(8)29(37)22(6)16-18(2)15-21(5)28(36)19(3)13-14-26(35)17-27-23(7)30(38)25(9)32(39)41-27/h10-15,19-31,35-38H,1,16-17H2,2-9H3,(H2,34,40)/t19-,20?,21?,22-,23?,24-,25+,26+,27-,28?,29+,30?,31-/m0/s1. The molecule has 240 valence electrons. The molecule has 0 aromatic rings. The van der Waals surface area contributed by atoms with E-state index in [0.29, 0.717) is 6.42 Å². The van der Waals surface area contributed by atoms with E-state index >= 15 is 0 Å². The summed E-state index contributed by atoms with van der Waals surface area (Å²) in [7, 11) is 0.